The van der Waals surface area contributed by atoms with Crippen LogP contribution in [0.5, 0.6) is 0 Å². The van der Waals surface area contributed by atoms with Gasteiger partial charge in [0, 0.05) is 18.5 Å². The average Bonchev–Trinajstić information content (AvgIpc) is 3.16. The molecular weight excluding hydrogens is 358 g/mol. The summed E-state index contributed by atoms with van der Waals surface area (Å²) < 4.78 is 6.80. The summed E-state index contributed by atoms with van der Waals surface area (Å²) in [5.74, 6) is -0.885. The quantitative estimate of drug-likeness (QED) is 0.722. The molecule has 7 nitrogen and oxygen atoms in total. The van der Waals surface area contributed by atoms with Gasteiger partial charge >= 0.3 is 12.1 Å². The van der Waals surface area contributed by atoms with Crippen molar-refractivity contribution in [2.75, 3.05) is 11.9 Å². The van der Waals surface area contributed by atoms with Crippen LogP contribution < -0.4 is 5.32 Å². The molecule has 3 aromatic rings. The molecule has 0 radical (unpaired) electrons. The number of anilines is 1. The zero-order chi connectivity index (χ0) is 19.8. The lowest BCUT2D eigenvalue weighted by molar-refractivity contribution is 0.0688. The number of carboxylic acid groups (broad SMARTS) is 1. The highest BCUT2D eigenvalue weighted by atomic mass is 16.5. The predicted molar refractivity (Wildman–Crippen MR) is 104 cm³/mol. The highest BCUT2D eigenvalue weighted by Gasteiger charge is 2.29. The van der Waals surface area contributed by atoms with E-state index in [1.54, 1.807) is 14.0 Å². The summed E-state index contributed by atoms with van der Waals surface area (Å²) in [6.07, 6.45) is -0.648. The van der Waals surface area contributed by atoms with Crippen molar-refractivity contribution < 1.29 is 19.4 Å². The molecule has 2 aromatic carbocycles. The molecule has 0 atom stereocenters. The third-order valence-electron chi connectivity index (χ3n) is 5.05. The normalized spacial score (nSPS) is 12.4. The highest BCUT2D eigenvalue weighted by Crippen LogP contribution is 2.44. The number of carbonyl (C=O) groups excluding carboxylic acids is 1. The van der Waals surface area contributed by atoms with Crippen LogP contribution >= 0.6 is 0 Å². The monoisotopic (exact) mass is 377 g/mol. The van der Waals surface area contributed by atoms with Crippen LogP contribution in [0.1, 0.15) is 33.1 Å². The van der Waals surface area contributed by atoms with Gasteiger partial charge in [0.15, 0.2) is 5.69 Å². The van der Waals surface area contributed by atoms with Crippen molar-refractivity contribution in [2.24, 2.45) is 7.05 Å². The second-order valence-corrected chi connectivity index (χ2v) is 6.70. The molecule has 0 aliphatic heterocycles. The van der Waals surface area contributed by atoms with Crippen molar-refractivity contribution in [2.45, 2.75) is 12.8 Å². The second-order valence-electron chi connectivity index (χ2n) is 6.70. The van der Waals surface area contributed by atoms with Crippen molar-refractivity contribution in [3.63, 3.8) is 0 Å². The number of fused-ring (bicyclic) bond motifs is 3. The van der Waals surface area contributed by atoms with Gasteiger partial charge in [-0.05, 0) is 29.2 Å². The van der Waals surface area contributed by atoms with Gasteiger partial charge in [-0.2, -0.15) is 5.10 Å². The Morgan fingerprint density at radius 1 is 1.11 bits per heavy atom. The molecule has 0 unspecified atom stereocenters. The van der Waals surface area contributed by atoms with Crippen LogP contribution in [0.3, 0.4) is 0 Å². The minimum atomic E-state index is -1.14. The summed E-state index contributed by atoms with van der Waals surface area (Å²) in [5.41, 5.74) is 4.84. The van der Waals surface area contributed by atoms with Gasteiger partial charge in [-0.1, -0.05) is 48.5 Å². The number of nitrogens with one attached hydrogen (secondary N) is 1. The maximum Gasteiger partial charge on any atom is 0.412 e. The molecular formula is C21H19N3O4. The van der Waals surface area contributed by atoms with Crippen LogP contribution in [-0.2, 0) is 11.8 Å². The molecule has 1 aromatic heterocycles. The predicted octanol–water partition coefficient (Wildman–Crippen LogP) is 3.79. The number of ether oxygens (including phenoxy) is 1. The van der Waals surface area contributed by atoms with E-state index in [0.29, 0.717) is 11.4 Å². The SMILES string of the molecule is Cc1c(C(=O)O)nn(C)c1NC(=O)OCC1c2ccccc2-c2ccccc21. The zero-order valence-electron chi connectivity index (χ0n) is 15.5. The molecule has 1 aliphatic carbocycles. The molecule has 2 N–H and O–H groups in total. The fraction of sp³-hybridized carbons (Fsp3) is 0.190. The lowest BCUT2D eigenvalue weighted by atomic mass is 9.98. The van der Waals surface area contributed by atoms with E-state index in [2.05, 4.69) is 22.5 Å². The average molecular weight is 377 g/mol. The number of rotatable bonds is 4. The van der Waals surface area contributed by atoms with Gasteiger partial charge in [0.2, 0.25) is 0 Å². The Bertz CT molecular complexity index is 1040. The van der Waals surface area contributed by atoms with Gasteiger partial charge in [0.05, 0.1) is 0 Å². The third-order valence-corrected chi connectivity index (χ3v) is 5.05. The van der Waals surface area contributed by atoms with Gasteiger partial charge in [0.1, 0.15) is 12.4 Å². The van der Waals surface area contributed by atoms with Crippen LogP contribution in [-0.4, -0.2) is 33.6 Å². The van der Waals surface area contributed by atoms with E-state index in [1.165, 1.54) is 4.68 Å². The topological polar surface area (TPSA) is 93.5 Å². The van der Waals surface area contributed by atoms with Crippen LogP contribution in [0.25, 0.3) is 11.1 Å². The molecule has 28 heavy (non-hydrogen) atoms. The number of aromatic nitrogens is 2. The number of hydrogen-bond donors (Lipinski definition) is 2. The smallest absolute Gasteiger partial charge is 0.412 e. The molecule has 0 bridgehead atoms. The highest BCUT2D eigenvalue weighted by molar-refractivity contribution is 5.92. The lowest BCUT2D eigenvalue weighted by Crippen LogP contribution is -2.19. The van der Waals surface area contributed by atoms with Gasteiger partial charge in [-0.15, -0.1) is 0 Å². The van der Waals surface area contributed by atoms with E-state index in [-0.39, 0.29) is 18.2 Å². The standard InChI is InChI=1S/C21H19N3O4/c1-12-18(20(25)26)23-24(2)19(12)22-21(27)28-11-17-15-9-5-3-7-13(15)14-8-4-6-10-16(14)17/h3-10,17H,11H2,1-2H3,(H,22,27)(H,25,26). The maximum absolute atomic E-state index is 12.4. The third kappa shape index (κ3) is 2.90. The Hall–Kier alpha value is -3.61. The Balaban J connectivity index is 1.51. The zero-order valence-corrected chi connectivity index (χ0v) is 15.5. The number of hydrogen-bond acceptors (Lipinski definition) is 4. The first-order chi connectivity index (χ1) is 13.5. The van der Waals surface area contributed by atoms with E-state index in [0.717, 1.165) is 22.3 Å². The summed E-state index contributed by atoms with van der Waals surface area (Å²) in [7, 11) is 1.57. The van der Waals surface area contributed by atoms with Gasteiger partial charge in [-0.3, -0.25) is 10.00 Å². The summed E-state index contributed by atoms with van der Waals surface area (Å²) in [4.78, 5) is 23.5. The van der Waals surface area contributed by atoms with Gasteiger partial charge in [-0.25, -0.2) is 9.59 Å². The number of amides is 1. The number of aromatic carboxylic acids is 1. The molecule has 7 heteroatoms. The molecule has 0 fully saturated rings. The minimum absolute atomic E-state index is 0.0413. The van der Waals surface area contributed by atoms with Crippen molar-refractivity contribution in [3.8, 4) is 11.1 Å². The molecule has 1 amide bonds. The molecule has 1 aliphatic rings. The van der Waals surface area contributed by atoms with Crippen molar-refractivity contribution in [1.29, 1.82) is 0 Å². The number of benzene rings is 2. The summed E-state index contributed by atoms with van der Waals surface area (Å²) >= 11 is 0. The Kier molecular flexibility index (Phi) is 4.35. The number of carbonyl (C=O) groups is 2. The fourth-order valence-corrected chi connectivity index (χ4v) is 3.74. The van der Waals surface area contributed by atoms with Crippen LogP contribution in [0.15, 0.2) is 48.5 Å². The van der Waals surface area contributed by atoms with E-state index < -0.39 is 12.1 Å². The summed E-state index contributed by atoms with van der Waals surface area (Å²) in [6, 6.07) is 16.2. The molecule has 0 saturated carbocycles. The lowest BCUT2D eigenvalue weighted by Gasteiger charge is -2.14. The molecule has 4 rings (SSSR count). The number of nitrogens with zero attached hydrogens (tertiary/aromatic N) is 2. The van der Waals surface area contributed by atoms with Gasteiger partial charge in [0.25, 0.3) is 0 Å². The van der Waals surface area contributed by atoms with E-state index in [1.807, 2.05) is 36.4 Å². The maximum atomic E-state index is 12.4. The first-order valence-electron chi connectivity index (χ1n) is 8.86. The van der Waals surface area contributed by atoms with Crippen molar-refractivity contribution in [1.82, 2.24) is 9.78 Å². The van der Waals surface area contributed by atoms with Crippen molar-refractivity contribution >= 4 is 17.9 Å². The molecule has 1 heterocycles. The Morgan fingerprint density at radius 2 is 1.68 bits per heavy atom. The molecule has 142 valence electrons. The van der Waals surface area contributed by atoms with Crippen LogP contribution in [0.2, 0.25) is 0 Å². The van der Waals surface area contributed by atoms with Crippen LogP contribution in [0, 0.1) is 6.92 Å². The Labute approximate surface area is 161 Å². The van der Waals surface area contributed by atoms with E-state index in [4.69, 9.17) is 9.84 Å². The second kappa shape index (κ2) is 6.84. The first-order valence-corrected chi connectivity index (χ1v) is 8.86. The van der Waals surface area contributed by atoms with Crippen LogP contribution in [0.4, 0.5) is 10.6 Å². The molecule has 0 spiro atoms. The fourth-order valence-electron chi connectivity index (χ4n) is 3.74. The summed E-state index contributed by atoms with van der Waals surface area (Å²) in [6.45, 7) is 1.78. The van der Waals surface area contributed by atoms with Crippen molar-refractivity contribution in [3.05, 3.63) is 70.9 Å². The minimum Gasteiger partial charge on any atom is -0.476 e. The van der Waals surface area contributed by atoms with E-state index in [9.17, 15) is 9.59 Å². The van der Waals surface area contributed by atoms with E-state index >= 15 is 0 Å². The molecule has 0 saturated heterocycles. The first kappa shape index (κ1) is 17.8. The summed E-state index contributed by atoms with van der Waals surface area (Å²) in [5, 5.41) is 15.7. The Morgan fingerprint density at radius 3 is 2.21 bits per heavy atom. The number of carboxylic acids is 1. The largest absolute Gasteiger partial charge is 0.476 e. The number of aryl methyl sites for hydroxylation is 1. The van der Waals surface area contributed by atoms with Gasteiger partial charge < -0.3 is 9.84 Å².